The molecule has 5 heteroatoms. The topological polar surface area (TPSA) is 70.0 Å². The highest BCUT2D eigenvalue weighted by Gasteiger charge is 2.45. The number of amides is 1. The van der Waals surface area contributed by atoms with Crippen molar-refractivity contribution in [1.29, 1.82) is 0 Å². The van der Waals surface area contributed by atoms with E-state index in [0.717, 1.165) is 5.57 Å². The number of hydrogen-bond acceptors (Lipinski definition) is 3. The van der Waals surface area contributed by atoms with Crippen molar-refractivity contribution in [2.24, 2.45) is 4.99 Å². The Balaban J connectivity index is 2.52. The molecule has 84 valence electrons. The number of allylic oxidation sites excluding steroid dienone is 2. The van der Waals surface area contributed by atoms with Gasteiger partial charge in [-0.2, -0.15) is 4.99 Å². The highest BCUT2D eigenvalue weighted by Crippen LogP contribution is 2.29. The molecule has 2 aliphatic rings. The maximum absolute atomic E-state index is 11.4. The van der Waals surface area contributed by atoms with E-state index in [2.05, 4.69) is 4.99 Å². The van der Waals surface area contributed by atoms with Crippen LogP contribution in [0.3, 0.4) is 0 Å². The fourth-order valence-corrected chi connectivity index (χ4v) is 1.81. The number of carbonyl (C=O) groups is 2. The summed E-state index contributed by atoms with van der Waals surface area (Å²) in [6.07, 6.45) is 5.06. The minimum Gasteiger partial charge on any atom is -0.479 e. The Morgan fingerprint density at radius 1 is 1.56 bits per heavy atom. The molecular formula is C11H12N2O3. The van der Waals surface area contributed by atoms with Crippen LogP contribution < -0.4 is 0 Å². The molecule has 0 unspecified atom stereocenters. The number of aliphatic imine (C=N–C) groups is 1. The molecule has 2 aliphatic heterocycles. The van der Waals surface area contributed by atoms with Gasteiger partial charge >= 0.3 is 5.97 Å². The van der Waals surface area contributed by atoms with Gasteiger partial charge in [0.2, 0.25) is 0 Å². The first kappa shape index (κ1) is 10.6. The summed E-state index contributed by atoms with van der Waals surface area (Å²) in [5.74, 6) is -1.02. The van der Waals surface area contributed by atoms with Gasteiger partial charge in [-0.3, -0.25) is 4.79 Å². The molecule has 0 aromatic heterocycles. The van der Waals surface area contributed by atoms with Crippen LogP contribution in [0.5, 0.6) is 0 Å². The Hall–Kier alpha value is -1.91. The number of hydrogen-bond donors (Lipinski definition) is 1. The zero-order valence-corrected chi connectivity index (χ0v) is 9.10. The second-order valence-corrected chi connectivity index (χ2v) is 4.20. The highest BCUT2D eigenvalue weighted by molar-refractivity contribution is 6.08. The molecule has 0 radical (unpaired) electrons. The summed E-state index contributed by atoms with van der Waals surface area (Å²) in [6.45, 7) is 3.40. The second-order valence-electron chi connectivity index (χ2n) is 4.20. The van der Waals surface area contributed by atoms with Gasteiger partial charge in [0.15, 0.2) is 0 Å². The average Bonchev–Trinajstić information content (AvgIpc) is 2.19. The number of carboxylic acids is 1. The fourth-order valence-electron chi connectivity index (χ4n) is 1.81. The van der Waals surface area contributed by atoms with Gasteiger partial charge in [-0.1, -0.05) is 6.08 Å². The van der Waals surface area contributed by atoms with E-state index in [-0.39, 0.29) is 6.42 Å². The lowest BCUT2D eigenvalue weighted by Crippen LogP contribution is -2.56. The number of rotatable bonds is 1. The number of fused-ring (bicyclic) bond motifs is 1. The van der Waals surface area contributed by atoms with Crippen molar-refractivity contribution >= 4 is 17.7 Å². The predicted octanol–water partition coefficient (Wildman–Crippen LogP) is 0.934. The fraction of sp³-hybridized carbons (Fsp3) is 0.364. The summed E-state index contributed by atoms with van der Waals surface area (Å²) in [7, 11) is 0. The third-order valence-electron chi connectivity index (χ3n) is 2.80. The first-order chi connectivity index (χ1) is 7.43. The Morgan fingerprint density at radius 2 is 2.25 bits per heavy atom. The van der Waals surface area contributed by atoms with E-state index in [1.807, 2.05) is 6.92 Å². The molecule has 1 amide bonds. The molecule has 5 nitrogen and oxygen atoms in total. The summed E-state index contributed by atoms with van der Waals surface area (Å²) in [6, 6.07) is 0. The molecule has 16 heavy (non-hydrogen) atoms. The van der Waals surface area contributed by atoms with Gasteiger partial charge in [0, 0.05) is 6.20 Å². The molecule has 0 aliphatic carbocycles. The van der Waals surface area contributed by atoms with Crippen LogP contribution in [-0.2, 0) is 9.59 Å². The van der Waals surface area contributed by atoms with Crippen molar-refractivity contribution in [3.8, 4) is 0 Å². The minimum atomic E-state index is -1.24. The van der Waals surface area contributed by atoms with Gasteiger partial charge in [-0.05, 0) is 25.5 Å². The maximum Gasteiger partial charge on any atom is 0.330 e. The third-order valence-corrected chi connectivity index (χ3v) is 2.80. The first-order valence-corrected chi connectivity index (χ1v) is 4.94. The summed E-state index contributed by atoms with van der Waals surface area (Å²) in [4.78, 5) is 28.0. The predicted molar refractivity (Wildman–Crippen MR) is 57.8 cm³/mol. The zero-order valence-electron chi connectivity index (χ0n) is 9.10. The van der Waals surface area contributed by atoms with E-state index in [4.69, 9.17) is 0 Å². The largest absolute Gasteiger partial charge is 0.479 e. The van der Waals surface area contributed by atoms with Crippen molar-refractivity contribution in [1.82, 2.24) is 4.90 Å². The van der Waals surface area contributed by atoms with E-state index >= 15 is 0 Å². The molecule has 1 N–H and O–H groups in total. The molecule has 0 aromatic rings. The van der Waals surface area contributed by atoms with Gasteiger partial charge in [-0.15, -0.1) is 0 Å². The van der Waals surface area contributed by atoms with E-state index in [9.17, 15) is 14.7 Å². The minimum absolute atomic E-state index is 0.108. The van der Waals surface area contributed by atoms with E-state index in [0.29, 0.717) is 5.84 Å². The van der Waals surface area contributed by atoms with Gasteiger partial charge in [0.1, 0.15) is 11.4 Å². The second kappa shape index (κ2) is 3.30. The molecular weight excluding hydrogens is 208 g/mol. The summed E-state index contributed by atoms with van der Waals surface area (Å²) in [5.41, 5.74) is -0.305. The summed E-state index contributed by atoms with van der Waals surface area (Å²) in [5, 5.41) is 9.24. The van der Waals surface area contributed by atoms with Crippen LogP contribution in [0.1, 0.15) is 20.3 Å². The van der Waals surface area contributed by atoms with Crippen molar-refractivity contribution in [3.63, 3.8) is 0 Å². The Labute approximate surface area is 92.8 Å². The van der Waals surface area contributed by atoms with Crippen molar-refractivity contribution in [3.05, 3.63) is 23.9 Å². The first-order valence-electron chi connectivity index (χ1n) is 4.94. The smallest absolute Gasteiger partial charge is 0.330 e. The van der Waals surface area contributed by atoms with E-state index in [1.54, 1.807) is 23.3 Å². The zero-order chi connectivity index (χ0) is 11.9. The molecule has 0 saturated heterocycles. The van der Waals surface area contributed by atoms with Crippen molar-refractivity contribution in [2.45, 2.75) is 25.8 Å². The van der Waals surface area contributed by atoms with Crippen LogP contribution in [0.2, 0.25) is 0 Å². The third kappa shape index (κ3) is 1.44. The number of carboxylic acid groups (broad SMARTS) is 1. The van der Waals surface area contributed by atoms with Gasteiger partial charge < -0.3 is 10.0 Å². The van der Waals surface area contributed by atoms with Gasteiger partial charge in [0.05, 0.1) is 6.42 Å². The normalized spacial score (nSPS) is 28.4. The number of carbonyl (C=O) groups excluding carboxylic acids is 1. The Kier molecular flexibility index (Phi) is 2.18. The molecule has 0 bridgehead atoms. The molecule has 2 rings (SSSR count). The van der Waals surface area contributed by atoms with Gasteiger partial charge in [-0.25, -0.2) is 4.79 Å². The molecule has 0 aromatic carbocycles. The lowest BCUT2D eigenvalue weighted by Gasteiger charge is -2.40. The quantitative estimate of drug-likeness (QED) is 0.713. The lowest BCUT2D eigenvalue weighted by atomic mass is 9.92. The molecule has 0 saturated carbocycles. The van der Waals surface area contributed by atoms with Crippen LogP contribution >= 0.6 is 0 Å². The Morgan fingerprint density at radius 3 is 2.88 bits per heavy atom. The van der Waals surface area contributed by atoms with E-state index in [1.165, 1.54) is 6.92 Å². The number of aliphatic carboxylic acids is 1. The molecule has 2 heterocycles. The van der Waals surface area contributed by atoms with Gasteiger partial charge in [0.25, 0.3) is 5.91 Å². The maximum atomic E-state index is 11.4. The SMILES string of the molecule is CC1=CN2C(=NC(=O)C[C@@]2(C)C(=O)O)C=C1. The molecule has 0 spiro atoms. The summed E-state index contributed by atoms with van der Waals surface area (Å²) < 4.78 is 0. The standard InChI is InChI=1S/C11H12N2O3/c1-7-3-4-8-12-9(14)5-11(2,10(15)16)13(8)6-7/h3-4,6H,5H2,1-2H3,(H,15,16)/t11-/m0/s1. The molecule has 1 atom stereocenters. The molecule has 0 fully saturated rings. The Bertz CT molecular complexity index is 462. The summed E-state index contributed by atoms with van der Waals surface area (Å²) >= 11 is 0. The van der Waals surface area contributed by atoms with Crippen molar-refractivity contribution < 1.29 is 14.7 Å². The van der Waals surface area contributed by atoms with Crippen LogP contribution in [0.25, 0.3) is 0 Å². The van der Waals surface area contributed by atoms with E-state index < -0.39 is 17.4 Å². The average molecular weight is 220 g/mol. The van der Waals surface area contributed by atoms with Crippen LogP contribution in [0, 0.1) is 0 Å². The van der Waals surface area contributed by atoms with Crippen LogP contribution in [-0.4, -0.2) is 33.3 Å². The van der Waals surface area contributed by atoms with Crippen LogP contribution in [0.15, 0.2) is 28.9 Å². The number of nitrogens with zero attached hydrogens (tertiary/aromatic N) is 2. The van der Waals surface area contributed by atoms with Crippen LogP contribution in [0.4, 0.5) is 0 Å². The monoisotopic (exact) mass is 220 g/mol. The lowest BCUT2D eigenvalue weighted by molar-refractivity contribution is -0.149. The number of amidine groups is 1. The van der Waals surface area contributed by atoms with Crippen molar-refractivity contribution in [2.75, 3.05) is 0 Å². The highest BCUT2D eigenvalue weighted by atomic mass is 16.4.